The predicted molar refractivity (Wildman–Crippen MR) is 124 cm³/mol. The van der Waals surface area contributed by atoms with Crippen LogP contribution in [-0.2, 0) is 24.3 Å². The highest BCUT2D eigenvalue weighted by Gasteiger charge is 2.40. The van der Waals surface area contributed by atoms with E-state index in [1.165, 1.54) is 20.0 Å². The SMILES string of the molecule is C=C(C1CC(OC(C)=O)CN1C(C)=O)N1CC=Nc2c1ccn2S(=O)(=O)c1ccc(C)cc1. The Morgan fingerprint density at radius 3 is 2.48 bits per heavy atom. The van der Waals surface area contributed by atoms with Crippen LogP contribution in [0.5, 0.6) is 0 Å². The number of amides is 1. The van der Waals surface area contributed by atoms with Crippen LogP contribution in [0.3, 0.4) is 0 Å². The second-order valence-corrected chi connectivity index (χ2v) is 10.0. The van der Waals surface area contributed by atoms with E-state index in [0.717, 1.165) is 9.54 Å². The lowest BCUT2D eigenvalue weighted by atomic mass is 10.1. The van der Waals surface area contributed by atoms with E-state index >= 15 is 0 Å². The van der Waals surface area contributed by atoms with Crippen molar-refractivity contribution in [3.63, 3.8) is 0 Å². The zero-order valence-corrected chi connectivity index (χ0v) is 19.6. The van der Waals surface area contributed by atoms with Gasteiger partial charge < -0.3 is 14.5 Å². The lowest BCUT2D eigenvalue weighted by molar-refractivity contribution is -0.146. The summed E-state index contributed by atoms with van der Waals surface area (Å²) in [6.45, 7) is 9.57. The third kappa shape index (κ3) is 4.18. The van der Waals surface area contributed by atoms with Crippen LogP contribution in [0.4, 0.5) is 11.5 Å². The molecular formula is C23H26N4O5S. The second kappa shape index (κ2) is 8.51. The number of rotatable bonds is 5. The molecule has 10 heteroatoms. The van der Waals surface area contributed by atoms with Gasteiger partial charge >= 0.3 is 5.97 Å². The molecule has 0 saturated carbocycles. The predicted octanol–water partition coefficient (Wildman–Crippen LogP) is 2.62. The van der Waals surface area contributed by atoms with E-state index in [4.69, 9.17) is 4.74 Å². The van der Waals surface area contributed by atoms with Gasteiger partial charge in [0.25, 0.3) is 10.0 Å². The van der Waals surface area contributed by atoms with Gasteiger partial charge in [0.1, 0.15) is 6.10 Å². The molecule has 2 unspecified atom stereocenters. The number of aliphatic imine (C=N–C) groups is 1. The Labute approximate surface area is 193 Å². The molecule has 1 fully saturated rings. The molecule has 1 aromatic carbocycles. The van der Waals surface area contributed by atoms with Gasteiger partial charge in [-0.2, -0.15) is 0 Å². The molecule has 0 spiro atoms. The highest BCUT2D eigenvalue weighted by molar-refractivity contribution is 7.90. The highest BCUT2D eigenvalue weighted by Crippen LogP contribution is 2.39. The molecule has 2 aliphatic heterocycles. The number of aryl methyl sites for hydroxylation is 1. The fourth-order valence-corrected chi connectivity index (χ4v) is 5.58. The number of carbonyl (C=O) groups is 2. The van der Waals surface area contributed by atoms with Crippen molar-refractivity contribution in [3.8, 4) is 0 Å². The van der Waals surface area contributed by atoms with Crippen LogP contribution < -0.4 is 4.90 Å². The van der Waals surface area contributed by atoms with Crippen molar-refractivity contribution < 1.29 is 22.7 Å². The Bertz CT molecular complexity index is 1250. The number of carbonyl (C=O) groups excluding carboxylic acids is 2. The average molecular weight is 471 g/mol. The van der Waals surface area contributed by atoms with Gasteiger partial charge in [-0.05, 0) is 25.1 Å². The Hall–Kier alpha value is -3.40. The first-order valence-electron chi connectivity index (χ1n) is 10.6. The summed E-state index contributed by atoms with van der Waals surface area (Å²) in [5.74, 6) is -0.284. The topological polar surface area (TPSA) is 101 Å². The zero-order chi connectivity index (χ0) is 23.9. The van der Waals surface area contributed by atoms with E-state index in [0.29, 0.717) is 24.4 Å². The second-order valence-electron chi connectivity index (χ2n) is 8.21. The average Bonchev–Trinajstić information content (AvgIpc) is 3.38. The minimum Gasteiger partial charge on any atom is -0.461 e. The maximum Gasteiger partial charge on any atom is 0.302 e. The number of anilines is 1. The fourth-order valence-electron chi connectivity index (χ4n) is 4.29. The first-order valence-corrected chi connectivity index (χ1v) is 12.0. The Morgan fingerprint density at radius 1 is 1.15 bits per heavy atom. The summed E-state index contributed by atoms with van der Waals surface area (Å²) in [6, 6.07) is 7.92. The Kier molecular flexibility index (Phi) is 5.87. The number of nitrogens with zero attached hydrogens (tertiary/aromatic N) is 4. The summed E-state index contributed by atoms with van der Waals surface area (Å²) in [7, 11) is -3.84. The van der Waals surface area contributed by atoms with Crippen molar-refractivity contribution in [3.05, 3.63) is 54.4 Å². The normalized spacial score (nSPS) is 20.0. The van der Waals surface area contributed by atoms with Crippen molar-refractivity contribution in [1.29, 1.82) is 0 Å². The Balaban J connectivity index is 1.65. The summed E-state index contributed by atoms with van der Waals surface area (Å²) in [5.41, 5.74) is 2.15. The Morgan fingerprint density at radius 2 is 1.85 bits per heavy atom. The third-order valence-corrected chi connectivity index (χ3v) is 7.56. The van der Waals surface area contributed by atoms with Crippen molar-refractivity contribution >= 4 is 39.6 Å². The first-order chi connectivity index (χ1) is 15.6. The van der Waals surface area contributed by atoms with Crippen LogP contribution >= 0.6 is 0 Å². The molecular weight excluding hydrogens is 444 g/mol. The minimum atomic E-state index is -3.84. The number of hydrogen-bond donors (Lipinski definition) is 0. The first kappa shape index (κ1) is 22.8. The van der Waals surface area contributed by atoms with E-state index in [9.17, 15) is 18.0 Å². The lowest BCUT2D eigenvalue weighted by Gasteiger charge is -2.34. The molecule has 2 aromatic rings. The summed E-state index contributed by atoms with van der Waals surface area (Å²) in [5, 5.41) is 0. The van der Waals surface area contributed by atoms with Gasteiger partial charge in [0.15, 0.2) is 5.82 Å². The van der Waals surface area contributed by atoms with E-state index in [-0.39, 0.29) is 29.2 Å². The molecule has 174 valence electrons. The van der Waals surface area contributed by atoms with E-state index in [1.54, 1.807) is 41.4 Å². The van der Waals surface area contributed by atoms with Crippen LogP contribution in [0.1, 0.15) is 25.8 Å². The van der Waals surface area contributed by atoms with Crippen molar-refractivity contribution in [2.24, 2.45) is 4.99 Å². The maximum absolute atomic E-state index is 13.2. The van der Waals surface area contributed by atoms with E-state index in [1.807, 2.05) is 11.8 Å². The molecule has 1 saturated heterocycles. The van der Waals surface area contributed by atoms with Gasteiger partial charge in [-0.25, -0.2) is 17.4 Å². The summed E-state index contributed by atoms with van der Waals surface area (Å²) in [6.07, 6.45) is 3.09. The van der Waals surface area contributed by atoms with E-state index in [2.05, 4.69) is 11.6 Å². The van der Waals surface area contributed by atoms with Crippen LogP contribution in [0.2, 0.25) is 0 Å². The molecule has 2 atom stereocenters. The monoisotopic (exact) mass is 470 g/mol. The molecule has 9 nitrogen and oxygen atoms in total. The van der Waals surface area contributed by atoms with Crippen LogP contribution in [-0.4, -0.2) is 60.6 Å². The molecule has 0 aliphatic carbocycles. The molecule has 1 amide bonds. The zero-order valence-electron chi connectivity index (χ0n) is 18.8. The van der Waals surface area contributed by atoms with Gasteiger partial charge in [0.05, 0.1) is 29.7 Å². The lowest BCUT2D eigenvalue weighted by Crippen LogP contribution is -2.41. The van der Waals surface area contributed by atoms with Crippen molar-refractivity contribution in [1.82, 2.24) is 8.87 Å². The fraction of sp³-hybridized carbons (Fsp3) is 0.348. The van der Waals surface area contributed by atoms with Crippen molar-refractivity contribution in [2.75, 3.05) is 18.0 Å². The summed E-state index contributed by atoms with van der Waals surface area (Å²) < 4.78 is 33.0. The van der Waals surface area contributed by atoms with Gasteiger partial charge in [0.2, 0.25) is 5.91 Å². The summed E-state index contributed by atoms with van der Waals surface area (Å²) >= 11 is 0. The largest absolute Gasteiger partial charge is 0.461 e. The molecule has 4 rings (SSSR count). The quantitative estimate of drug-likeness (QED) is 0.623. The standard InChI is InChI=1S/C23H26N4O5S/c1-15-5-7-20(8-6-15)33(30,31)27-11-9-21-23(27)24-10-12-25(21)16(2)22-13-19(32-18(4)29)14-26(22)17(3)28/h5-11,19,22H,2,12-14H2,1,3-4H3. The number of fused-ring (bicyclic) bond motifs is 1. The number of likely N-dealkylation sites (tertiary alicyclic amines) is 1. The molecule has 33 heavy (non-hydrogen) atoms. The third-order valence-electron chi connectivity index (χ3n) is 5.88. The molecule has 3 heterocycles. The minimum absolute atomic E-state index is 0.152. The molecule has 0 radical (unpaired) electrons. The van der Waals surface area contributed by atoms with Gasteiger partial charge in [-0.15, -0.1) is 0 Å². The number of benzene rings is 1. The molecule has 1 aromatic heterocycles. The maximum atomic E-state index is 13.2. The molecule has 2 aliphatic rings. The van der Waals surface area contributed by atoms with Crippen LogP contribution in [0.25, 0.3) is 0 Å². The summed E-state index contributed by atoms with van der Waals surface area (Å²) in [4.78, 5) is 31.7. The van der Waals surface area contributed by atoms with Gasteiger partial charge in [-0.1, -0.05) is 24.3 Å². The number of aromatic nitrogens is 1. The van der Waals surface area contributed by atoms with Crippen LogP contribution in [0, 0.1) is 6.92 Å². The van der Waals surface area contributed by atoms with Gasteiger partial charge in [-0.3, -0.25) is 9.59 Å². The molecule has 0 bridgehead atoms. The van der Waals surface area contributed by atoms with Crippen LogP contribution in [0.15, 0.2) is 58.7 Å². The highest BCUT2D eigenvalue weighted by atomic mass is 32.2. The number of hydrogen-bond acceptors (Lipinski definition) is 7. The van der Waals surface area contributed by atoms with Gasteiger partial charge in [0, 0.05) is 38.4 Å². The van der Waals surface area contributed by atoms with Crippen molar-refractivity contribution in [2.45, 2.75) is 44.2 Å². The molecule has 0 N–H and O–H groups in total. The smallest absolute Gasteiger partial charge is 0.302 e. The number of ether oxygens (including phenoxy) is 1. The number of esters is 1. The van der Waals surface area contributed by atoms with E-state index < -0.39 is 22.1 Å².